The van der Waals surface area contributed by atoms with Gasteiger partial charge in [-0.3, -0.25) is 0 Å². The number of rotatable bonds is 0. The molecule has 3 aromatic carbocycles. The highest BCUT2D eigenvalue weighted by Gasteiger charge is 2.18. The summed E-state index contributed by atoms with van der Waals surface area (Å²) >= 11 is 3.64. The molecule has 3 aromatic rings. The van der Waals surface area contributed by atoms with Gasteiger partial charge in [0.05, 0.1) is 0 Å². The Morgan fingerprint density at radius 1 is 0.682 bits per heavy atom. The van der Waals surface area contributed by atoms with Crippen molar-refractivity contribution in [2.24, 2.45) is 0 Å². The lowest BCUT2D eigenvalue weighted by molar-refractivity contribution is 1.15. The Bertz CT molecular complexity index is 886. The lowest BCUT2D eigenvalue weighted by Gasteiger charge is -2.18. The van der Waals surface area contributed by atoms with Gasteiger partial charge in [-0.15, -0.1) is 0 Å². The zero-order valence-corrected chi connectivity index (χ0v) is 13.3. The summed E-state index contributed by atoms with van der Waals surface area (Å²) in [5.74, 6) is 6.56. The second kappa shape index (κ2) is 5.96. The smallest absolute Gasteiger partial charge is 0.0419 e. The fourth-order valence-corrected chi connectivity index (χ4v) is 4.59. The van der Waals surface area contributed by atoms with Crippen LogP contribution in [0.3, 0.4) is 0 Å². The van der Waals surface area contributed by atoms with Crippen LogP contribution in [0.2, 0.25) is 0 Å². The fourth-order valence-electron chi connectivity index (χ4n) is 2.26. The second-order valence-corrected chi connectivity index (χ2v) is 6.96. The molecule has 1 heterocycles. The molecule has 0 unspecified atom stereocenters. The Morgan fingerprint density at radius 2 is 1.41 bits per heavy atom. The third kappa shape index (κ3) is 2.66. The summed E-state index contributed by atoms with van der Waals surface area (Å²) < 4.78 is 0. The van der Waals surface area contributed by atoms with Crippen LogP contribution < -0.4 is 0 Å². The number of fused-ring (bicyclic) bond motifs is 2. The summed E-state index contributed by atoms with van der Waals surface area (Å²) in [6, 6.07) is 25.7. The maximum Gasteiger partial charge on any atom is 0.0419 e. The number of benzene rings is 3. The molecule has 1 aliphatic rings. The van der Waals surface area contributed by atoms with E-state index in [1.807, 2.05) is 47.8 Å². The van der Waals surface area contributed by atoms with Gasteiger partial charge in [0, 0.05) is 30.7 Å². The van der Waals surface area contributed by atoms with Crippen molar-refractivity contribution in [3.8, 4) is 11.8 Å². The van der Waals surface area contributed by atoms with Gasteiger partial charge in [0.15, 0.2) is 0 Å². The van der Waals surface area contributed by atoms with Crippen LogP contribution in [-0.2, 0) is 0 Å². The van der Waals surface area contributed by atoms with E-state index in [-0.39, 0.29) is 0 Å². The molecule has 0 fully saturated rings. The molecule has 4 rings (SSSR count). The van der Waals surface area contributed by atoms with Gasteiger partial charge in [0.25, 0.3) is 0 Å². The topological polar surface area (TPSA) is 0 Å². The van der Waals surface area contributed by atoms with Gasteiger partial charge < -0.3 is 0 Å². The van der Waals surface area contributed by atoms with E-state index in [1.165, 1.54) is 19.6 Å². The lowest BCUT2D eigenvalue weighted by atomic mass is 10.2. The average Bonchev–Trinajstić information content (AvgIpc) is 2.59. The van der Waals surface area contributed by atoms with Gasteiger partial charge in [-0.05, 0) is 42.5 Å². The molecule has 1 aliphatic heterocycles. The zero-order valence-electron chi connectivity index (χ0n) is 11.7. The van der Waals surface area contributed by atoms with Crippen LogP contribution >= 0.6 is 23.5 Å². The van der Waals surface area contributed by atoms with Crippen molar-refractivity contribution in [1.29, 1.82) is 0 Å². The van der Waals surface area contributed by atoms with Crippen molar-refractivity contribution in [3.63, 3.8) is 0 Å². The molecular formula is C20H11S2. The first kappa shape index (κ1) is 13.6. The minimum atomic E-state index is 1.02. The molecule has 0 N–H and O–H groups in total. The summed E-state index contributed by atoms with van der Waals surface area (Å²) in [6.45, 7) is 0. The Labute approximate surface area is 139 Å². The highest BCUT2D eigenvalue weighted by atomic mass is 32.2. The van der Waals surface area contributed by atoms with Gasteiger partial charge in [0.2, 0.25) is 0 Å². The molecule has 0 amide bonds. The summed E-state index contributed by atoms with van der Waals surface area (Å²) in [6.07, 6.45) is 0. The van der Waals surface area contributed by atoms with E-state index >= 15 is 0 Å². The average molecular weight is 315 g/mol. The van der Waals surface area contributed by atoms with Gasteiger partial charge in [-0.1, -0.05) is 65.7 Å². The van der Waals surface area contributed by atoms with Crippen LogP contribution in [-0.4, -0.2) is 0 Å². The van der Waals surface area contributed by atoms with E-state index < -0.39 is 0 Å². The Hall–Kier alpha value is -2.08. The van der Waals surface area contributed by atoms with Gasteiger partial charge in [-0.2, -0.15) is 0 Å². The fraction of sp³-hybridized carbons (Fsp3) is 0. The minimum Gasteiger partial charge on any atom is -0.0877 e. The highest BCUT2D eigenvalue weighted by Crippen LogP contribution is 2.49. The Balaban J connectivity index is 1.74. The largest absolute Gasteiger partial charge is 0.0877 e. The van der Waals surface area contributed by atoms with Crippen molar-refractivity contribution in [2.45, 2.75) is 19.6 Å². The van der Waals surface area contributed by atoms with Crippen LogP contribution in [0.25, 0.3) is 0 Å². The Kier molecular flexibility index (Phi) is 3.68. The second-order valence-electron chi connectivity index (χ2n) is 4.82. The first-order chi connectivity index (χ1) is 10.9. The van der Waals surface area contributed by atoms with E-state index in [2.05, 4.69) is 60.4 Å². The zero-order chi connectivity index (χ0) is 14.8. The summed E-state index contributed by atoms with van der Waals surface area (Å²) in [5.41, 5.74) is 2.11. The van der Waals surface area contributed by atoms with Crippen molar-refractivity contribution < 1.29 is 0 Å². The molecule has 0 aromatic heterocycles. The normalized spacial score (nSPS) is 11.8. The molecule has 0 saturated heterocycles. The molecule has 0 nitrogen and oxygen atoms in total. The summed E-state index contributed by atoms with van der Waals surface area (Å²) in [5, 5.41) is 0. The predicted molar refractivity (Wildman–Crippen MR) is 92.4 cm³/mol. The summed E-state index contributed by atoms with van der Waals surface area (Å²) in [4.78, 5) is 5.19. The van der Waals surface area contributed by atoms with Gasteiger partial charge in [-0.25, -0.2) is 0 Å². The minimum absolute atomic E-state index is 1.02. The van der Waals surface area contributed by atoms with E-state index in [1.54, 1.807) is 0 Å². The molecule has 1 radical (unpaired) electrons. The molecule has 22 heavy (non-hydrogen) atoms. The van der Waals surface area contributed by atoms with E-state index in [9.17, 15) is 0 Å². The van der Waals surface area contributed by atoms with Crippen LogP contribution in [0.5, 0.6) is 0 Å². The first-order valence-electron chi connectivity index (χ1n) is 6.96. The molecular weight excluding hydrogens is 304 g/mol. The van der Waals surface area contributed by atoms with Gasteiger partial charge in [0.1, 0.15) is 0 Å². The predicted octanol–water partition coefficient (Wildman–Crippen LogP) is 5.50. The molecule has 0 saturated carbocycles. The molecule has 0 spiro atoms. The SMILES string of the molecule is C(#Cc1cccc2c1Sc1ccccc1S2)c1cc[c]cc1. The van der Waals surface area contributed by atoms with Crippen molar-refractivity contribution >= 4 is 23.5 Å². The molecule has 2 heteroatoms. The van der Waals surface area contributed by atoms with E-state index in [0.29, 0.717) is 0 Å². The number of hydrogen-bond donors (Lipinski definition) is 0. The summed E-state index contributed by atoms with van der Waals surface area (Å²) in [7, 11) is 0. The Morgan fingerprint density at radius 3 is 2.23 bits per heavy atom. The van der Waals surface area contributed by atoms with Crippen molar-refractivity contribution in [2.75, 3.05) is 0 Å². The van der Waals surface area contributed by atoms with Crippen LogP contribution in [0.4, 0.5) is 0 Å². The van der Waals surface area contributed by atoms with E-state index in [4.69, 9.17) is 0 Å². The maximum atomic E-state index is 3.32. The first-order valence-corrected chi connectivity index (χ1v) is 8.59. The molecule has 103 valence electrons. The lowest BCUT2D eigenvalue weighted by Crippen LogP contribution is -1.92. The van der Waals surface area contributed by atoms with Gasteiger partial charge >= 0.3 is 0 Å². The van der Waals surface area contributed by atoms with Crippen LogP contribution in [0, 0.1) is 17.9 Å². The quantitative estimate of drug-likeness (QED) is 0.393. The van der Waals surface area contributed by atoms with Crippen molar-refractivity contribution in [1.82, 2.24) is 0 Å². The van der Waals surface area contributed by atoms with Crippen molar-refractivity contribution in [3.05, 3.63) is 83.9 Å². The van der Waals surface area contributed by atoms with Crippen LogP contribution in [0.15, 0.2) is 86.3 Å². The molecule has 0 aliphatic carbocycles. The maximum absolute atomic E-state index is 3.32. The third-order valence-corrected chi connectivity index (χ3v) is 5.93. The highest BCUT2D eigenvalue weighted by molar-refractivity contribution is 8.05. The number of hydrogen-bond acceptors (Lipinski definition) is 2. The monoisotopic (exact) mass is 315 g/mol. The standard InChI is InChI=1S/C20H11S2/c1-2-7-15(8-3-1)13-14-16-9-6-12-19-20(16)22-18-11-5-4-10-17(18)21-19/h2-12H. The third-order valence-electron chi connectivity index (χ3n) is 3.32. The van der Waals surface area contributed by atoms with E-state index in [0.717, 1.165) is 11.1 Å². The molecule has 0 bridgehead atoms. The molecule has 0 atom stereocenters. The van der Waals surface area contributed by atoms with Crippen LogP contribution in [0.1, 0.15) is 11.1 Å².